The van der Waals surface area contributed by atoms with Gasteiger partial charge in [0.1, 0.15) is 35.1 Å². The van der Waals surface area contributed by atoms with E-state index < -0.39 is 80.8 Å². The van der Waals surface area contributed by atoms with Crippen molar-refractivity contribution in [1.29, 1.82) is 0 Å². The van der Waals surface area contributed by atoms with Gasteiger partial charge in [-0.2, -0.15) is 0 Å². The molecule has 5 atom stereocenters. The van der Waals surface area contributed by atoms with E-state index >= 15 is 0 Å². The van der Waals surface area contributed by atoms with Crippen LogP contribution in [0.2, 0.25) is 5.02 Å². The minimum absolute atomic E-state index is 0.0135. The molecule has 1 saturated carbocycles. The minimum Gasteiger partial charge on any atom is -0.444 e. The van der Waals surface area contributed by atoms with E-state index in [1.54, 1.807) is 51.1 Å². The van der Waals surface area contributed by atoms with E-state index in [0.29, 0.717) is 29.5 Å². The first-order valence-corrected chi connectivity index (χ1v) is 21.1. The van der Waals surface area contributed by atoms with Crippen molar-refractivity contribution in [3.8, 4) is 0 Å². The molecule has 1 aliphatic carbocycles. The SMILES string of the molecule is CC(C)(C)OC(=O)N[C@H]1CCCCCCC[C@@H]2C[C@@]2(C(=O)NS(=O)(=O)Cc2ccccc2Cl)NC(=O)[C@@H]2CC(OC(=O)N3Cc4cccc(F)c4C3)CN2C1=O. The Morgan fingerprint density at radius 3 is 2.43 bits per heavy atom. The second-order valence-electron chi connectivity index (χ2n) is 16.2. The van der Waals surface area contributed by atoms with E-state index in [2.05, 4.69) is 15.4 Å². The number of nitrogens with zero attached hydrogens (tertiary/aromatic N) is 2. The molecule has 6 rings (SSSR count). The average Bonchev–Trinajstić information content (AvgIpc) is 3.40. The predicted molar refractivity (Wildman–Crippen MR) is 203 cm³/mol. The van der Waals surface area contributed by atoms with Crippen LogP contribution in [0.4, 0.5) is 14.0 Å². The molecule has 3 heterocycles. The molecule has 5 amide bonds. The van der Waals surface area contributed by atoms with Crippen molar-refractivity contribution in [2.24, 2.45) is 5.92 Å². The summed E-state index contributed by atoms with van der Waals surface area (Å²) in [6.45, 7) is 4.97. The van der Waals surface area contributed by atoms with Gasteiger partial charge in [0.15, 0.2) is 0 Å². The average molecular weight is 818 g/mol. The number of alkyl carbamates (subject to hydrolysis) is 1. The zero-order valence-electron chi connectivity index (χ0n) is 31.8. The Hall–Kier alpha value is -4.44. The first-order valence-electron chi connectivity index (χ1n) is 19.1. The summed E-state index contributed by atoms with van der Waals surface area (Å²) in [6, 6.07) is 8.61. The van der Waals surface area contributed by atoms with Crippen molar-refractivity contribution in [2.45, 2.75) is 127 Å². The standard InChI is InChI=1S/C39H49ClFN5O9S/c1-38(2,3)55-36(50)42-31-17-8-6-4-5-7-14-26-19-39(26,35(49)44-56(52,53)23-25-12-9-10-15-29(25)40)43-33(47)32-18-27(21-46(32)34(31)48)54-37(51)45-20-24-13-11-16-30(41)28(24)22-45/h9-13,15-16,26-27,31-32H,4-8,14,17-23H2,1-3H3,(H,42,50)(H,43,47)(H,44,49)/t26-,27?,31+,32+,39-/m1/s1. The molecule has 14 nitrogen and oxygen atoms in total. The van der Waals surface area contributed by atoms with Crippen LogP contribution < -0.4 is 15.4 Å². The van der Waals surface area contributed by atoms with Gasteiger partial charge in [-0.15, -0.1) is 0 Å². The highest BCUT2D eigenvalue weighted by atomic mass is 35.5. The summed E-state index contributed by atoms with van der Waals surface area (Å²) in [5, 5.41) is 5.72. The van der Waals surface area contributed by atoms with Crippen molar-refractivity contribution in [1.82, 2.24) is 25.2 Å². The summed E-state index contributed by atoms with van der Waals surface area (Å²) in [6.07, 6.45) is 1.95. The van der Waals surface area contributed by atoms with Crippen LogP contribution in [0, 0.1) is 11.7 Å². The first-order chi connectivity index (χ1) is 26.4. The van der Waals surface area contributed by atoms with E-state index in [4.69, 9.17) is 21.1 Å². The molecule has 4 aliphatic rings. The number of nitrogens with one attached hydrogen (secondary N) is 3. The van der Waals surface area contributed by atoms with Crippen molar-refractivity contribution in [3.05, 3.63) is 70.0 Å². The molecule has 0 radical (unpaired) electrons. The molecular formula is C39H49ClFN5O9S. The highest BCUT2D eigenvalue weighted by molar-refractivity contribution is 7.89. The minimum atomic E-state index is -4.25. The summed E-state index contributed by atoms with van der Waals surface area (Å²) >= 11 is 6.20. The molecule has 2 aromatic carbocycles. The van der Waals surface area contributed by atoms with Crippen LogP contribution in [0.3, 0.4) is 0 Å². The van der Waals surface area contributed by atoms with Crippen LogP contribution >= 0.6 is 11.6 Å². The van der Waals surface area contributed by atoms with Crippen molar-refractivity contribution in [2.75, 3.05) is 6.54 Å². The molecule has 3 N–H and O–H groups in total. The largest absolute Gasteiger partial charge is 0.444 e. The predicted octanol–water partition coefficient (Wildman–Crippen LogP) is 5.06. The lowest BCUT2D eigenvalue weighted by molar-refractivity contribution is -0.141. The number of fused-ring (bicyclic) bond motifs is 3. The Morgan fingerprint density at radius 1 is 1.00 bits per heavy atom. The molecule has 0 aromatic heterocycles. The fourth-order valence-corrected chi connectivity index (χ4v) is 9.32. The van der Waals surface area contributed by atoms with Crippen molar-refractivity contribution in [3.63, 3.8) is 0 Å². The lowest BCUT2D eigenvalue weighted by Crippen LogP contribution is -2.58. The van der Waals surface area contributed by atoms with Crippen LogP contribution in [0.5, 0.6) is 0 Å². The molecule has 0 spiro atoms. The van der Waals surface area contributed by atoms with E-state index in [0.717, 1.165) is 25.7 Å². The lowest BCUT2D eigenvalue weighted by Gasteiger charge is -2.30. The fraction of sp³-hybridized carbons (Fsp3) is 0.564. The number of hydrogen-bond acceptors (Lipinski definition) is 9. The summed E-state index contributed by atoms with van der Waals surface area (Å²) in [4.78, 5) is 71.6. The number of sulfonamides is 1. The summed E-state index contributed by atoms with van der Waals surface area (Å²) in [5.41, 5.74) is -1.11. The second kappa shape index (κ2) is 16.6. The van der Waals surface area contributed by atoms with Crippen LogP contribution in [-0.4, -0.2) is 84.0 Å². The van der Waals surface area contributed by atoms with Gasteiger partial charge >= 0.3 is 12.2 Å². The molecule has 304 valence electrons. The highest BCUT2D eigenvalue weighted by Gasteiger charge is 2.62. The van der Waals surface area contributed by atoms with Gasteiger partial charge in [-0.05, 0) is 69.2 Å². The van der Waals surface area contributed by atoms with Gasteiger partial charge in [-0.3, -0.25) is 24.0 Å². The number of halogens is 2. The third kappa shape index (κ3) is 9.74. The Kier molecular flexibility index (Phi) is 12.2. The van der Waals surface area contributed by atoms with E-state index in [-0.39, 0.29) is 49.8 Å². The maximum Gasteiger partial charge on any atom is 0.410 e. The van der Waals surface area contributed by atoms with E-state index in [9.17, 15) is 36.8 Å². The van der Waals surface area contributed by atoms with Gasteiger partial charge in [0.25, 0.3) is 5.91 Å². The summed E-state index contributed by atoms with van der Waals surface area (Å²) in [7, 11) is -4.25. The normalized spacial score (nSPS) is 25.7. The molecule has 3 aliphatic heterocycles. The molecule has 56 heavy (non-hydrogen) atoms. The number of hydrogen-bond donors (Lipinski definition) is 3. The van der Waals surface area contributed by atoms with Crippen LogP contribution in [-0.2, 0) is 52.7 Å². The molecule has 2 saturated heterocycles. The van der Waals surface area contributed by atoms with E-state index in [1.807, 2.05) is 0 Å². The third-order valence-electron chi connectivity index (χ3n) is 10.7. The third-order valence-corrected chi connectivity index (χ3v) is 12.3. The summed E-state index contributed by atoms with van der Waals surface area (Å²) in [5.74, 6) is -3.61. The molecule has 0 bridgehead atoms. The number of carbonyl (C=O) groups excluding carboxylic acids is 5. The number of benzene rings is 2. The summed E-state index contributed by atoms with van der Waals surface area (Å²) < 4.78 is 54.4. The van der Waals surface area contributed by atoms with Gasteiger partial charge in [-0.25, -0.2) is 22.4 Å². The highest BCUT2D eigenvalue weighted by Crippen LogP contribution is 2.48. The number of rotatable bonds is 6. The van der Waals surface area contributed by atoms with Crippen molar-refractivity contribution < 1.29 is 46.3 Å². The second-order valence-corrected chi connectivity index (χ2v) is 18.3. The topological polar surface area (TPSA) is 181 Å². The zero-order valence-corrected chi connectivity index (χ0v) is 33.3. The van der Waals surface area contributed by atoms with Gasteiger partial charge < -0.3 is 25.0 Å². The molecule has 1 unspecified atom stereocenters. The smallest absolute Gasteiger partial charge is 0.410 e. The number of amides is 5. The van der Waals surface area contributed by atoms with E-state index in [1.165, 1.54) is 21.9 Å². The number of ether oxygens (including phenoxy) is 2. The van der Waals surface area contributed by atoms with Crippen LogP contribution in [0.15, 0.2) is 42.5 Å². The molecule has 2 aromatic rings. The number of carbonyl (C=O) groups is 5. The van der Waals surface area contributed by atoms with Gasteiger partial charge in [0, 0.05) is 23.6 Å². The zero-order chi connectivity index (χ0) is 40.4. The molecule has 3 fully saturated rings. The molecular weight excluding hydrogens is 769 g/mol. The Labute approximate surface area is 331 Å². The Morgan fingerprint density at radius 2 is 1.71 bits per heavy atom. The first kappa shape index (κ1) is 41.2. The van der Waals surface area contributed by atoms with Gasteiger partial charge in [0.2, 0.25) is 21.8 Å². The monoisotopic (exact) mass is 817 g/mol. The molecule has 17 heteroatoms. The van der Waals surface area contributed by atoms with Crippen LogP contribution in [0.25, 0.3) is 0 Å². The lowest BCUT2D eigenvalue weighted by atomic mass is 10.0. The maximum atomic E-state index is 14.5. The maximum absolute atomic E-state index is 14.5. The Balaban J connectivity index is 1.25. The fourth-order valence-electron chi connectivity index (χ4n) is 7.84. The van der Waals surface area contributed by atoms with Gasteiger partial charge in [-0.1, -0.05) is 74.0 Å². The van der Waals surface area contributed by atoms with Crippen LogP contribution in [0.1, 0.15) is 95.2 Å². The quantitative estimate of drug-likeness (QED) is 0.359. The van der Waals surface area contributed by atoms with Crippen molar-refractivity contribution >= 4 is 51.5 Å². The Bertz CT molecular complexity index is 1980. The van der Waals surface area contributed by atoms with Gasteiger partial charge in [0.05, 0.1) is 18.8 Å².